The Labute approximate surface area is 191 Å². The highest BCUT2D eigenvalue weighted by molar-refractivity contribution is 5.81. The number of aryl methyl sites for hydroxylation is 3. The van der Waals surface area contributed by atoms with E-state index in [4.69, 9.17) is 0 Å². The molecular weight excluding hydrogens is 376 g/mol. The Morgan fingerprint density at radius 1 is 0.645 bits per heavy atom. The molecule has 2 aromatic rings. The van der Waals surface area contributed by atoms with Gasteiger partial charge in [-0.25, -0.2) is 0 Å². The molecule has 0 aliphatic rings. The summed E-state index contributed by atoms with van der Waals surface area (Å²) in [5.41, 5.74) is 5.35. The van der Waals surface area contributed by atoms with Crippen LogP contribution in [0.15, 0.2) is 48.5 Å². The van der Waals surface area contributed by atoms with Crippen molar-refractivity contribution in [3.05, 3.63) is 70.8 Å². The fourth-order valence-electron chi connectivity index (χ4n) is 4.44. The van der Waals surface area contributed by atoms with E-state index in [-0.39, 0.29) is 0 Å². The summed E-state index contributed by atoms with van der Waals surface area (Å²) < 4.78 is 0. The second-order valence-electron chi connectivity index (χ2n) is 9.22. The van der Waals surface area contributed by atoms with Gasteiger partial charge in [0.25, 0.3) is 0 Å². The van der Waals surface area contributed by atoms with E-state index in [1.165, 1.54) is 73.6 Å². The van der Waals surface area contributed by atoms with Crippen molar-refractivity contribution in [2.24, 2.45) is 5.92 Å². The fraction of sp³-hybridized carbons (Fsp3) is 0.567. The highest BCUT2D eigenvalue weighted by Crippen LogP contribution is 2.23. The maximum Gasteiger partial charge on any atom is 0.137 e. The van der Waals surface area contributed by atoms with Crippen LogP contribution in [0.3, 0.4) is 0 Å². The van der Waals surface area contributed by atoms with E-state index < -0.39 is 0 Å². The minimum atomic E-state index is 0.412. The second-order valence-corrected chi connectivity index (χ2v) is 9.22. The SMILES string of the molecule is CCCCCCCC(CCCc1ccc(CC)cc1)CC(=O)Cc1ccc(CC)cc1. The van der Waals surface area contributed by atoms with Crippen molar-refractivity contribution in [1.29, 1.82) is 0 Å². The van der Waals surface area contributed by atoms with E-state index in [2.05, 4.69) is 69.3 Å². The van der Waals surface area contributed by atoms with Crippen LogP contribution in [-0.4, -0.2) is 5.78 Å². The van der Waals surface area contributed by atoms with E-state index in [1.54, 1.807) is 0 Å². The Kier molecular flexibility index (Phi) is 12.3. The van der Waals surface area contributed by atoms with Gasteiger partial charge in [0.2, 0.25) is 0 Å². The first-order chi connectivity index (χ1) is 15.1. The van der Waals surface area contributed by atoms with Crippen LogP contribution in [0.4, 0.5) is 0 Å². The normalized spacial score (nSPS) is 12.1. The van der Waals surface area contributed by atoms with Crippen molar-refractivity contribution in [3.8, 4) is 0 Å². The zero-order chi connectivity index (χ0) is 22.3. The molecule has 0 saturated heterocycles. The smallest absolute Gasteiger partial charge is 0.137 e. The van der Waals surface area contributed by atoms with E-state index in [1.807, 2.05) is 0 Å². The quantitative estimate of drug-likeness (QED) is 0.249. The molecule has 0 aromatic heterocycles. The van der Waals surface area contributed by atoms with E-state index in [0.29, 0.717) is 18.1 Å². The zero-order valence-electron chi connectivity index (χ0n) is 20.3. The van der Waals surface area contributed by atoms with E-state index >= 15 is 0 Å². The summed E-state index contributed by atoms with van der Waals surface area (Å²) in [7, 11) is 0. The molecule has 0 bridgehead atoms. The highest BCUT2D eigenvalue weighted by Gasteiger charge is 2.14. The van der Waals surface area contributed by atoms with Crippen LogP contribution in [0.2, 0.25) is 0 Å². The molecule has 170 valence electrons. The Balaban J connectivity index is 1.83. The van der Waals surface area contributed by atoms with Crippen molar-refractivity contribution in [2.45, 2.75) is 104 Å². The summed E-state index contributed by atoms with van der Waals surface area (Å²) in [4.78, 5) is 12.8. The van der Waals surface area contributed by atoms with Gasteiger partial charge in [-0.05, 0) is 60.3 Å². The Bertz CT molecular complexity index is 726. The number of hydrogen-bond donors (Lipinski definition) is 0. The molecule has 1 unspecified atom stereocenters. The molecule has 0 aliphatic carbocycles. The van der Waals surface area contributed by atoms with Gasteiger partial charge in [-0.1, -0.05) is 108 Å². The largest absolute Gasteiger partial charge is 0.299 e. The van der Waals surface area contributed by atoms with Gasteiger partial charge < -0.3 is 0 Å². The van der Waals surface area contributed by atoms with E-state index in [9.17, 15) is 4.79 Å². The molecule has 0 N–H and O–H groups in total. The molecule has 2 aromatic carbocycles. The third-order valence-electron chi connectivity index (χ3n) is 6.57. The minimum absolute atomic E-state index is 0.412. The van der Waals surface area contributed by atoms with Crippen molar-refractivity contribution in [1.82, 2.24) is 0 Å². The first kappa shape index (κ1) is 25.4. The average Bonchev–Trinajstić information content (AvgIpc) is 2.79. The number of carbonyl (C=O) groups excluding carboxylic acids is 1. The molecule has 0 spiro atoms. The van der Waals surface area contributed by atoms with Crippen molar-refractivity contribution in [2.75, 3.05) is 0 Å². The lowest BCUT2D eigenvalue weighted by Crippen LogP contribution is -2.12. The van der Waals surface area contributed by atoms with E-state index in [0.717, 1.165) is 25.7 Å². The van der Waals surface area contributed by atoms with Gasteiger partial charge in [0.1, 0.15) is 5.78 Å². The van der Waals surface area contributed by atoms with Crippen molar-refractivity contribution < 1.29 is 4.79 Å². The van der Waals surface area contributed by atoms with Gasteiger partial charge in [0, 0.05) is 12.8 Å². The van der Waals surface area contributed by atoms with Crippen LogP contribution < -0.4 is 0 Å². The van der Waals surface area contributed by atoms with Gasteiger partial charge in [0.05, 0.1) is 0 Å². The maximum absolute atomic E-state index is 12.8. The molecule has 2 rings (SSSR count). The summed E-state index contributed by atoms with van der Waals surface area (Å²) in [6.07, 6.45) is 14.7. The van der Waals surface area contributed by atoms with Crippen LogP contribution in [-0.2, 0) is 30.5 Å². The molecule has 0 heterocycles. The van der Waals surface area contributed by atoms with Gasteiger partial charge in [-0.15, -0.1) is 0 Å². The minimum Gasteiger partial charge on any atom is -0.299 e. The van der Waals surface area contributed by atoms with Gasteiger partial charge in [0.15, 0.2) is 0 Å². The molecule has 1 heteroatoms. The molecular formula is C30H44O. The molecule has 0 aliphatic heterocycles. The number of rotatable bonds is 16. The Morgan fingerprint density at radius 2 is 1.16 bits per heavy atom. The monoisotopic (exact) mass is 420 g/mol. The fourth-order valence-corrected chi connectivity index (χ4v) is 4.44. The predicted octanol–water partition coefficient (Wildman–Crippen LogP) is 8.31. The molecule has 31 heavy (non-hydrogen) atoms. The number of carbonyl (C=O) groups is 1. The lowest BCUT2D eigenvalue weighted by atomic mass is 9.88. The van der Waals surface area contributed by atoms with Gasteiger partial charge in [-0.2, -0.15) is 0 Å². The zero-order valence-corrected chi connectivity index (χ0v) is 20.3. The summed E-state index contributed by atoms with van der Waals surface area (Å²) in [6, 6.07) is 17.7. The lowest BCUT2D eigenvalue weighted by molar-refractivity contribution is -0.119. The predicted molar refractivity (Wildman–Crippen MR) is 135 cm³/mol. The van der Waals surface area contributed by atoms with Crippen molar-refractivity contribution in [3.63, 3.8) is 0 Å². The standard InChI is InChI=1S/C30H44O/c1-4-7-8-9-10-12-28(14-11-13-27-19-15-25(5-2)16-20-27)23-30(31)24-29-21-17-26(6-3)18-22-29/h15-22,28H,4-14,23-24H2,1-3H3. The molecule has 0 amide bonds. The summed E-state index contributed by atoms with van der Waals surface area (Å²) in [5.74, 6) is 0.953. The lowest BCUT2D eigenvalue weighted by Gasteiger charge is -2.17. The Hall–Kier alpha value is -1.89. The summed E-state index contributed by atoms with van der Waals surface area (Å²) in [6.45, 7) is 6.64. The summed E-state index contributed by atoms with van der Waals surface area (Å²) in [5, 5.41) is 0. The third kappa shape index (κ3) is 10.3. The molecule has 0 radical (unpaired) electrons. The van der Waals surface area contributed by atoms with Crippen molar-refractivity contribution >= 4 is 5.78 Å². The second kappa shape index (κ2) is 15.0. The van der Waals surface area contributed by atoms with Crippen LogP contribution in [0.25, 0.3) is 0 Å². The number of Topliss-reactive ketones (excluding diaryl/α,β-unsaturated/α-hetero) is 1. The summed E-state index contributed by atoms with van der Waals surface area (Å²) >= 11 is 0. The van der Waals surface area contributed by atoms with Crippen LogP contribution in [0.1, 0.15) is 101 Å². The van der Waals surface area contributed by atoms with Gasteiger partial charge in [-0.3, -0.25) is 4.79 Å². The number of unbranched alkanes of at least 4 members (excludes halogenated alkanes) is 4. The first-order valence-corrected chi connectivity index (χ1v) is 12.8. The highest BCUT2D eigenvalue weighted by atomic mass is 16.1. The molecule has 0 fully saturated rings. The van der Waals surface area contributed by atoms with Crippen LogP contribution >= 0.6 is 0 Å². The third-order valence-corrected chi connectivity index (χ3v) is 6.57. The van der Waals surface area contributed by atoms with Crippen LogP contribution in [0, 0.1) is 5.92 Å². The molecule has 0 saturated carbocycles. The first-order valence-electron chi connectivity index (χ1n) is 12.8. The topological polar surface area (TPSA) is 17.1 Å². The Morgan fingerprint density at radius 3 is 1.74 bits per heavy atom. The van der Waals surface area contributed by atoms with Gasteiger partial charge >= 0.3 is 0 Å². The maximum atomic E-state index is 12.8. The molecule has 1 nitrogen and oxygen atoms in total. The number of benzene rings is 2. The number of ketones is 1. The number of hydrogen-bond acceptors (Lipinski definition) is 1. The average molecular weight is 421 g/mol. The molecule has 1 atom stereocenters. The van der Waals surface area contributed by atoms with Crippen LogP contribution in [0.5, 0.6) is 0 Å².